The van der Waals surface area contributed by atoms with E-state index >= 15 is 0 Å². The molecular formula is C24H35IO4. The largest absolute Gasteiger partial charge is 0.463 e. The highest BCUT2D eigenvalue weighted by atomic mass is 127. The molecule has 0 aromatic rings. The van der Waals surface area contributed by atoms with E-state index < -0.39 is 0 Å². The van der Waals surface area contributed by atoms with Gasteiger partial charge >= 0.3 is 11.9 Å². The fourth-order valence-electron chi connectivity index (χ4n) is 9.01. The van der Waals surface area contributed by atoms with Crippen LogP contribution in [0.2, 0.25) is 0 Å². The summed E-state index contributed by atoms with van der Waals surface area (Å²) in [6, 6.07) is 0. The van der Waals surface area contributed by atoms with Crippen molar-refractivity contribution in [2.75, 3.05) is 0 Å². The first-order chi connectivity index (χ1) is 13.6. The summed E-state index contributed by atoms with van der Waals surface area (Å²) >= 11 is 2.38. The number of alkyl halides is 1. The predicted octanol–water partition coefficient (Wildman–Crippen LogP) is 5.31. The quantitative estimate of drug-likeness (QED) is 0.271. The third-order valence-corrected chi connectivity index (χ3v) is 11.3. The number of rotatable bonds is 1. The van der Waals surface area contributed by atoms with Crippen LogP contribution in [0.3, 0.4) is 0 Å². The summed E-state index contributed by atoms with van der Waals surface area (Å²) < 4.78 is 11.2. The average Bonchev–Trinajstić information content (AvgIpc) is 3.05. The minimum atomic E-state index is -0.373. The van der Waals surface area contributed by atoms with Gasteiger partial charge in [0.1, 0.15) is 15.6 Å². The Kier molecular flexibility index (Phi) is 4.67. The maximum absolute atomic E-state index is 12.5. The van der Waals surface area contributed by atoms with Gasteiger partial charge in [-0.25, -0.2) is 0 Å². The molecular weight excluding hydrogens is 479 g/mol. The molecule has 4 aliphatic carbocycles. The summed E-state index contributed by atoms with van der Waals surface area (Å²) in [7, 11) is 0. The van der Waals surface area contributed by atoms with Crippen molar-refractivity contribution < 1.29 is 19.1 Å². The van der Waals surface area contributed by atoms with Gasteiger partial charge in [-0.2, -0.15) is 0 Å². The second-order valence-electron chi connectivity index (χ2n) is 11.4. The summed E-state index contributed by atoms with van der Waals surface area (Å²) in [5.74, 6) is 3.13. The van der Waals surface area contributed by atoms with E-state index in [0.717, 1.165) is 31.1 Å². The molecule has 1 heterocycles. The molecule has 0 radical (unpaired) electrons. The van der Waals surface area contributed by atoms with Gasteiger partial charge in [-0.1, -0.05) is 36.4 Å². The summed E-state index contributed by atoms with van der Waals surface area (Å²) in [6.45, 7) is 8.66. The highest BCUT2D eigenvalue weighted by Gasteiger charge is 2.70. The van der Waals surface area contributed by atoms with Gasteiger partial charge in [0, 0.05) is 12.8 Å². The Bertz CT molecular complexity index is 734. The van der Waals surface area contributed by atoms with E-state index in [-0.39, 0.29) is 33.0 Å². The zero-order valence-electron chi connectivity index (χ0n) is 18.2. The number of carbonyl (C=O) groups is 2. The van der Waals surface area contributed by atoms with E-state index in [1.165, 1.54) is 39.0 Å². The summed E-state index contributed by atoms with van der Waals surface area (Å²) in [5, 5.41) is 0. The molecule has 0 bridgehead atoms. The van der Waals surface area contributed by atoms with Crippen LogP contribution in [0, 0.1) is 40.4 Å². The van der Waals surface area contributed by atoms with Crippen LogP contribution in [0.5, 0.6) is 0 Å². The lowest BCUT2D eigenvalue weighted by atomic mass is 9.44. The number of carbonyl (C=O) groups excluding carboxylic acids is 2. The van der Waals surface area contributed by atoms with Crippen LogP contribution in [0.25, 0.3) is 0 Å². The lowest BCUT2D eigenvalue weighted by Crippen LogP contribution is -2.55. The van der Waals surface area contributed by atoms with Crippen molar-refractivity contribution in [3.8, 4) is 0 Å². The highest BCUT2D eigenvalue weighted by Crippen LogP contribution is 2.70. The van der Waals surface area contributed by atoms with Crippen molar-refractivity contribution in [1.82, 2.24) is 0 Å². The molecule has 4 nitrogen and oxygen atoms in total. The van der Waals surface area contributed by atoms with E-state index in [9.17, 15) is 9.59 Å². The molecule has 1 aliphatic heterocycles. The Hall–Kier alpha value is -0.330. The van der Waals surface area contributed by atoms with E-state index in [0.29, 0.717) is 23.2 Å². The number of hydrogen-bond donors (Lipinski definition) is 0. The molecule has 0 N–H and O–H groups in total. The smallest absolute Gasteiger partial charge is 0.322 e. The van der Waals surface area contributed by atoms with Crippen molar-refractivity contribution in [1.29, 1.82) is 0 Å². The fraction of sp³-hybridized carbons (Fsp3) is 0.917. The van der Waals surface area contributed by atoms with Crippen molar-refractivity contribution in [3.05, 3.63) is 0 Å². The highest BCUT2D eigenvalue weighted by molar-refractivity contribution is 14.1. The molecule has 29 heavy (non-hydrogen) atoms. The van der Waals surface area contributed by atoms with E-state index in [1.54, 1.807) is 0 Å². The van der Waals surface area contributed by atoms with Gasteiger partial charge in [0.05, 0.1) is 0 Å². The van der Waals surface area contributed by atoms with E-state index in [2.05, 4.69) is 43.4 Å². The van der Waals surface area contributed by atoms with E-state index in [4.69, 9.17) is 9.47 Å². The molecule has 0 aromatic carbocycles. The van der Waals surface area contributed by atoms with Crippen LogP contribution in [0.15, 0.2) is 0 Å². The second-order valence-corrected chi connectivity index (χ2v) is 13.7. The normalized spacial score (nSPS) is 55.9. The van der Waals surface area contributed by atoms with Gasteiger partial charge in [-0.05, 0) is 92.8 Å². The van der Waals surface area contributed by atoms with Crippen LogP contribution in [-0.4, -0.2) is 27.6 Å². The van der Waals surface area contributed by atoms with Crippen molar-refractivity contribution in [3.63, 3.8) is 0 Å². The van der Waals surface area contributed by atoms with Gasteiger partial charge in [0.25, 0.3) is 0 Å². The maximum atomic E-state index is 12.5. The lowest BCUT2D eigenvalue weighted by molar-refractivity contribution is -0.160. The Morgan fingerprint density at radius 1 is 1.03 bits per heavy atom. The molecule has 162 valence electrons. The van der Waals surface area contributed by atoms with E-state index in [1.807, 2.05) is 0 Å². The Morgan fingerprint density at radius 2 is 1.76 bits per heavy atom. The van der Waals surface area contributed by atoms with Gasteiger partial charge in [0.15, 0.2) is 0 Å². The van der Waals surface area contributed by atoms with Crippen LogP contribution < -0.4 is 0 Å². The van der Waals surface area contributed by atoms with Crippen LogP contribution in [0.4, 0.5) is 0 Å². The van der Waals surface area contributed by atoms with Gasteiger partial charge in [-0.3, -0.25) is 9.59 Å². The van der Waals surface area contributed by atoms with Crippen LogP contribution in [0.1, 0.15) is 79.1 Å². The van der Waals surface area contributed by atoms with Crippen molar-refractivity contribution in [2.45, 2.75) is 94.7 Å². The second kappa shape index (κ2) is 6.59. The number of ether oxygens (including phenoxy) is 2. The first-order valence-corrected chi connectivity index (χ1v) is 12.7. The Labute approximate surface area is 188 Å². The number of hydrogen-bond acceptors (Lipinski definition) is 4. The van der Waals surface area contributed by atoms with Crippen molar-refractivity contribution in [2.24, 2.45) is 40.4 Å². The Balaban J connectivity index is 1.39. The summed E-state index contributed by atoms with van der Waals surface area (Å²) in [5.41, 5.74) is 0.606. The SMILES string of the molecule is CC(=O)O[C@H]1CC[C@@]2(C)[C@H](CC[C@@H]3[C@@H]2CC[C@@]2(C)[C@H]3C[C@@H]3OC(=O)[C@@](C)(I)[C@@H]32)C1. The first kappa shape index (κ1) is 20.6. The molecule has 0 unspecified atom stereocenters. The number of fused-ring (bicyclic) bond motifs is 7. The van der Waals surface area contributed by atoms with Gasteiger partial charge in [0.2, 0.25) is 0 Å². The molecule has 0 aromatic heterocycles. The first-order valence-electron chi connectivity index (χ1n) is 11.6. The zero-order valence-corrected chi connectivity index (χ0v) is 20.4. The molecule has 5 heteroatoms. The Morgan fingerprint density at radius 3 is 2.48 bits per heavy atom. The molecule has 10 atom stereocenters. The monoisotopic (exact) mass is 514 g/mol. The minimum Gasteiger partial charge on any atom is -0.463 e. The molecule has 0 amide bonds. The topological polar surface area (TPSA) is 52.6 Å². The number of esters is 2. The van der Waals surface area contributed by atoms with Crippen molar-refractivity contribution >= 4 is 34.5 Å². The van der Waals surface area contributed by atoms with Crippen LogP contribution >= 0.6 is 22.6 Å². The van der Waals surface area contributed by atoms with Gasteiger partial charge in [-0.15, -0.1) is 0 Å². The molecule has 0 spiro atoms. The third kappa shape index (κ3) is 2.80. The molecule has 5 fully saturated rings. The third-order valence-electron chi connectivity index (χ3n) is 10.2. The van der Waals surface area contributed by atoms with Gasteiger partial charge < -0.3 is 9.47 Å². The molecule has 5 aliphatic rings. The van der Waals surface area contributed by atoms with Crippen LogP contribution in [-0.2, 0) is 19.1 Å². The molecule has 5 rings (SSSR count). The number of halogens is 1. The standard InChI is InChI=1S/C24H35IO4/c1-13(26)28-15-7-9-22(2)14(11-15)5-6-16-17(22)8-10-23(3)18(16)12-19-20(23)24(4,25)21(27)29-19/h14-20H,5-12H2,1-4H3/t14-,15+,16-,17+,18+,19+,20+,22+,23+,24+/m1/s1. The maximum Gasteiger partial charge on any atom is 0.322 e. The summed E-state index contributed by atoms with van der Waals surface area (Å²) in [6.07, 6.45) is 9.65. The summed E-state index contributed by atoms with van der Waals surface area (Å²) in [4.78, 5) is 23.9. The fourth-order valence-corrected chi connectivity index (χ4v) is 10.3. The molecule has 4 saturated carbocycles. The minimum absolute atomic E-state index is 0.00867. The lowest BCUT2D eigenvalue weighted by Gasteiger charge is -2.61. The average molecular weight is 514 g/mol. The zero-order chi connectivity index (χ0) is 20.8. The predicted molar refractivity (Wildman–Crippen MR) is 118 cm³/mol. The molecule has 1 saturated heterocycles.